The predicted octanol–water partition coefficient (Wildman–Crippen LogP) is 2.66. The molecule has 7 nitrogen and oxygen atoms in total. The van der Waals surface area contributed by atoms with Gasteiger partial charge in [0, 0.05) is 18.8 Å². The highest BCUT2D eigenvalue weighted by Crippen LogP contribution is 2.31. The number of para-hydroxylation sites is 1. The number of sulfonamides is 1. The van der Waals surface area contributed by atoms with E-state index in [0.29, 0.717) is 42.3 Å². The number of fused-ring (bicyclic) bond motifs is 1. The minimum atomic E-state index is -3.24. The molecule has 2 aromatic rings. The summed E-state index contributed by atoms with van der Waals surface area (Å²) >= 11 is 0. The van der Waals surface area contributed by atoms with Gasteiger partial charge in [-0.15, -0.1) is 0 Å². The zero-order valence-electron chi connectivity index (χ0n) is 16.2. The zero-order chi connectivity index (χ0) is 20.3. The molecule has 0 aliphatic carbocycles. The van der Waals surface area contributed by atoms with E-state index < -0.39 is 10.0 Å². The summed E-state index contributed by atoms with van der Waals surface area (Å²) in [7, 11) is -0.249. The van der Waals surface area contributed by atoms with E-state index >= 15 is 0 Å². The Morgan fingerprint density at radius 2 is 1.93 bits per heavy atom. The standard InChI is InChI=1S/C20H24N2O5S/c1-4-28(24,25)22-11-10-14-8-9-16(12-15(14)13-22)21-20(23)17-6-5-7-18(26-2)19(17)27-3/h5-9,12H,4,10-11,13H2,1-3H3,(H,21,23). The summed E-state index contributed by atoms with van der Waals surface area (Å²) in [6.07, 6.45) is 0.659. The third kappa shape index (κ3) is 3.98. The minimum Gasteiger partial charge on any atom is -0.493 e. The van der Waals surface area contributed by atoms with Gasteiger partial charge in [0.25, 0.3) is 5.91 Å². The molecule has 1 heterocycles. The van der Waals surface area contributed by atoms with Crippen LogP contribution in [0.1, 0.15) is 28.4 Å². The molecule has 0 radical (unpaired) electrons. The van der Waals surface area contributed by atoms with Gasteiger partial charge in [-0.3, -0.25) is 4.79 Å². The number of carbonyl (C=O) groups is 1. The Hall–Kier alpha value is -2.58. The van der Waals surface area contributed by atoms with Gasteiger partial charge in [-0.25, -0.2) is 8.42 Å². The fraction of sp³-hybridized carbons (Fsp3) is 0.350. The van der Waals surface area contributed by atoms with Crippen LogP contribution in [0.15, 0.2) is 36.4 Å². The molecule has 0 unspecified atom stereocenters. The number of amides is 1. The molecule has 1 amide bonds. The van der Waals surface area contributed by atoms with Gasteiger partial charge >= 0.3 is 0 Å². The van der Waals surface area contributed by atoms with Crippen LogP contribution in [0.2, 0.25) is 0 Å². The second kappa shape index (κ2) is 8.20. The normalized spacial score (nSPS) is 14.2. The summed E-state index contributed by atoms with van der Waals surface area (Å²) in [4.78, 5) is 12.7. The van der Waals surface area contributed by atoms with Crippen LogP contribution >= 0.6 is 0 Å². The number of nitrogens with zero attached hydrogens (tertiary/aromatic N) is 1. The van der Waals surface area contributed by atoms with Crippen LogP contribution in [0.4, 0.5) is 5.69 Å². The topological polar surface area (TPSA) is 84.9 Å². The third-order valence-corrected chi connectivity index (χ3v) is 6.68. The molecule has 0 saturated carbocycles. The molecule has 1 aliphatic rings. The van der Waals surface area contributed by atoms with E-state index in [1.54, 1.807) is 25.1 Å². The van der Waals surface area contributed by atoms with Crippen LogP contribution in [0.25, 0.3) is 0 Å². The van der Waals surface area contributed by atoms with Gasteiger partial charge in [-0.1, -0.05) is 12.1 Å². The van der Waals surface area contributed by atoms with Gasteiger partial charge in [0.05, 0.1) is 25.5 Å². The SMILES string of the molecule is CCS(=O)(=O)N1CCc2ccc(NC(=O)c3cccc(OC)c3OC)cc2C1. The van der Waals surface area contributed by atoms with E-state index in [1.807, 2.05) is 18.2 Å². The number of carbonyl (C=O) groups excluding carboxylic acids is 1. The Morgan fingerprint density at radius 3 is 2.61 bits per heavy atom. The van der Waals surface area contributed by atoms with Crippen molar-refractivity contribution < 1.29 is 22.7 Å². The number of ether oxygens (including phenoxy) is 2. The van der Waals surface area contributed by atoms with E-state index in [-0.39, 0.29) is 11.7 Å². The van der Waals surface area contributed by atoms with Crippen molar-refractivity contribution in [2.45, 2.75) is 19.9 Å². The van der Waals surface area contributed by atoms with Crippen LogP contribution in [0.3, 0.4) is 0 Å². The Balaban J connectivity index is 1.84. The summed E-state index contributed by atoms with van der Waals surface area (Å²) in [5.41, 5.74) is 2.96. The first-order valence-corrected chi connectivity index (χ1v) is 10.6. The van der Waals surface area contributed by atoms with E-state index in [9.17, 15) is 13.2 Å². The van der Waals surface area contributed by atoms with Crippen molar-refractivity contribution >= 4 is 21.6 Å². The molecule has 0 aromatic heterocycles. The van der Waals surface area contributed by atoms with Crippen molar-refractivity contribution in [1.29, 1.82) is 0 Å². The van der Waals surface area contributed by atoms with Gasteiger partial charge in [0.2, 0.25) is 10.0 Å². The average molecular weight is 404 g/mol. The van der Waals surface area contributed by atoms with Crippen molar-refractivity contribution in [3.63, 3.8) is 0 Å². The fourth-order valence-corrected chi connectivity index (χ4v) is 4.36. The first-order chi connectivity index (χ1) is 13.4. The molecule has 2 aromatic carbocycles. The molecule has 150 valence electrons. The molecule has 0 fully saturated rings. The Morgan fingerprint density at radius 1 is 1.14 bits per heavy atom. The minimum absolute atomic E-state index is 0.0778. The maximum atomic E-state index is 12.7. The largest absolute Gasteiger partial charge is 0.493 e. The van der Waals surface area contributed by atoms with Crippen LogP contribution in [-0.2, 0) is 23.0 Å². The van der Waals surface area contributed by atoms with Crippen LogP contribution in [0, 0.1) is 0 Å². The molecule has 3 rings (SSSR count). The van der Waals surface area contributed by atoms with Gasteiger partial charge < -0.3 is 14.8 Å². The van der Waals surface area contributed by atoms with Gasteiger partial charge in [-0.2, -0.15) is 4.31 Å². The first-order valence-electron chi connectivity index (χ1n) is 9.01. The van der Waals surface area contributed by atoms with Crippen molar-refractivity contribution in [2.75, 3.05) is 31.8 Å². The van der Waals surface area contributed by atoms with Crippen molar-refractivity contribution in [1.82, 2.24) is 4.31 Å². The summed E-state index contributed by atoms with van der Waals surface area (Å²) in [5.74, 6) is 0.584. The lowest BCUT2D eigenvalue weighted by molar-refractivity contribution is 0.102. The van der Waals surface area contributed by atoms with E-state index in [2.05, 4.69) is 5.32 Å². The molecule has 0 atom stereocenters. The highest BCUT2D eigenvalue weighted by Gasteiger charge is 2.25. The van der Waals surface area contributed by atoms with Crippen molar-refractivity contribution in [2.24, 2.45) is 0 Å². The monoisotopic (exact) mass is 404 g/mol. The highest BCUT2D eigenvalue weighted by atomic mass is 32.2. The molecule has 0 spiro atoms. The number of nitrogens with one attached hydrogen (secondary N) is 1. The third-order valence-electron chi connectivity index (χ3n) is 4.85. The number of rotatable bonds is 6. The Labute approximate surface area is 165 Å². The van der Waals surface area contributed by atoms with Gasteiger partial charge in [0.15, 0.2) is 11.5 Å². The second-order valence-corrected chi connectivity index (χ2v) is 8.72. The molecule has 8 heteroatoms. The molecule has 1 N–H and O–H groups in total. The average Bonchev–Trinajstić information content (AvgIpc) is 2.72. The zero-order valence-corrected chi connectivity index (χ0v) is 17.0. The van der Waals surface area contributed by atoms with Gasteiger partial charge in [-0.05, 0) is 48.7 Å². The lowest BCUT2D eigenvalue weighted by Gasteiger charge is -2.28. The maximum absolute atomic E-state index is 12.7. The molecule has 0 saturated heterocycles. The quantitative estimate of drug-likeness (QED) is 0.800. The number of hydrogen-bond donors (Lipinski definition) is 1. The van der Waals surface area contributed by atoms with E-state index in [1.165, 1.54) is 18.5 Å². The second-order valence-electron chi connectivity index (χ2n) is 6.46. The fourth-order valence-electron chi connectivity index (χ4n) is 3.29. The summed E-state index contributed by atoms with van der Waals surface area (Å²) in [6.45, 7) is 2.44. The van der Waals surface area contributed by atoms with E-state index in [4.69, 9.17) is 9.47 Å². The molecular formula is C20H24N2O5S. The molecule has 28 heavy (non-hydrogen) atoms. The first kappa shape index (κ1) is 20.2. The molecule has 0 bridgehead atoms. The number of hydrogen-bond acceptors (Lipinski definition) is 5. The Bertz CT molecular complexity index is 988. The van der Waals surface area contributed by atoms with Gasteiger partial charge in [0.1, 0.15) is 0 Å². The van der Waals surface area contributed by atoms with Crippen LogP contribution < -0.4 is 14.8 Å². The summed E-state index contributed by atoms with van der Waals surface area (Å²) < 4.78 is 36.4. The van der Waals surface area contributed by atoms with E-state index in [0.717, 1.165) is 11.1 Å². The van der Waals surface area contributed by atoms with Crippen molar-refractivity contribution in [3.8, 4) is 11.5 Å². The summed E-state index contributed by atoms with van der Waals surface area (Å²) in [5, 5.41) is 2.86. The maximum Gasteiger partial charge on any atom is 0.259 e. The number of methoxy groups -OCH3 is 2. The smallest absolute Gasteiger partial charge is 0.259 e. The lowest BCUT2D eigenvalue weighted by atomic mass is 10.0. The summed E-state index contributed by atoms with van der Waals surface area (Å²) in [6, 6.07) is 10.7. The number of anilines is 1. The molecular weight excluding hydrogens is 380 g/mol. The highest BCUT2D eigenvalue weighted by molar-refractivity contribution is 7.89. The predicted molar refractivity (Wildman–Crippen MR) is 108 cm³/mol. The molecule has 1 aliphatic heterocycles. The Kier molecular flexibility index (Phi) is 5.90. The van der Waals surface area contributed by atoms with Crippen LogP contribution in [-0.4, -0.2) is 45.1 Å². The van der Waals surface area contributed by atoms with Crippen molar-refractivity contribution in [3.05, 3.63) is 53.1 Å². The van der Waals surface area contributed by atoms with Crippen LogP contribution in [0.5, 0.6) is 11.5 Å². The lowest BCUT2D eigenvalue weighted by Crippen LogP contribution is -2.36. The number of benzene rings is 2.